The third-order valence-electron chi connectivity index (χ3n) is 6.41. The van der Waals surface area contributed by atoms with E-state index in [0.29, 0.717) is 12.4 Å². The molecule has 0 aromatic heterocycles. The van der Waals surface area contributed by atoms with Crippen molar-refractivity contribution in [3.63, 3.8) is 0 Å². The summed E-state index contributed by atoms with van der Waals surface area (Å²) in [4.78, 5) is 29.4. The van der Waals surface area contributed by atoms with E-state index in [1.165, 1.54) is 6.92 Å². The Kier molecular flexibility index (Phi) is 6.14. The highest BCUT2D eigenvalue weighted by Gasteiger charge is 2.57. The lowest BCUT2D eigenvalue weighted by Crippen LogP contribution is -2.65. The lowest BCUT2D eigenvalue weighted by molar-refractivity contribution is -0.127. The first kappa shape index (κ1) is 22.8. The summed E-state index contributed by atoms with van der Waals surface area (Å²) in [6, 6.07) is 15.7. The van der Waals surface area contributed by atoms with E-state index in [-0.39, 0.29) is 5.91 Å². The van der Waals surface area contributed by atoms with Crippen LogP contribution in [-0.4, -0.2) is 49.5 Å². The molecule has 2 aromatic rings. The van der Waals surface area contributed by atoms with Crippen molar-refractivity contribution in [3.05, 3.63) is 59.7 Å². The number of carbonyl (C=O) groups is 2. The maximum atomic E-state index is 12.9. The van der Waals surface area contributed by atoms with Crippen molar-refractivity contribution in [2.75, 3.05) is 32.1 Å². The van der Waals surface area contributed by atoms with E-state index in [1.807, 2.05) is 88.3 Å². The van der Waals surface area contributed by atoms with Gasteiger partial charge >= 0.3 is 0 Å². The summed E-state index contributed by atoms with van der Waals surface area (Å²) in [6.45, 7) is 8.71. The van der Waals surface area contributed by atoms with E-state index in [4.69, 9.17) is 10.5 Å². The highest BCUT2D eigenvalue weighted by atomic mass is 16.5. The Morgan fingerprint density at radius 3 is 2.29 bits per heavy atom. The van der Waals surface area contributed by atoms with Gasteiger partial charge < -0.3 is 20.3 Å². The first-order chi connectivity index (χ1) is 14.5. The molecular formula is C25H33N3O3. The quantitative estimate of drug-likeness (QED) is 0.774. The minimum Gasteiger partial charge on any atom is -0.492 e. The molecule has 2 N–H and O–H groups in total. The second-order valence-corrected chi connectivity index (χ2v) is 9.24. The topological polar surface area (TPSA) is 75.9 Å². The van der Waals surface area contributed by atoms with Gasteiger partial charge in [0.05, 0.1) is 17.1 Å². The minimum atomic E-state index is -0.836. The lowest BCUT2D eigenvalue weighted by atomic mass is 9.57. The predicted molar refractivity (Wildman–Crippen MR) is 123 cm³/mol. The van der Waals surface area contributed by atoms with Gasteiger partial charge in [0.1, 0.15) is 12.4 Å². The summed E-state index contributed by atoms with van der Waals surface area (Å²) in [6.07, 6.45) is 0. The summed E-state index contributed by atoms with van der Waals surface area (Å²) in [5.41, 5.74) is 7.07. The van der Waals surface area contributed by atoms with Crippen LogP contribution < -0.4 is 15.4 Å². The molecule has 0 saturated heterocycles. The van der Waals surface area contributed by atoms with E-state index in [9.17, 15) is 9.59 Å². The zero-order valence-electron chi connectivity index (χ0n) is 19.3. The number of hydrogen-bond acceptors (Lipinski definition) is 4. The van der Waals surface area contributed by atoms with Crippen LogP contribution in [0.25, 0.3) is 0 Å². The number of fused-ring (bicyclic) bond motifs is 1. The Morgan fingerprint density at radius 1 is 1.10 bits per heavy atom. The maximum absolute atomic E-state index is 12.9. The van der Waals surface area contributed by atoms with Crippen LogP contribution in [0.3, 0.4) is 0 Å². The van der Waals surface area contributed by atoms with Crippen LogP contribution in [0.1, 0.15) is 38.8 Å². The number of likely N-dealkylation sites (N-methyl/N-ethyl adjacent to an activating group) is 1. The van der Waals surface area contributed by atoms with Crippen LogP contribution in [0.2, 0.25) is 0 Å². The molecule has 2 atom stereocenters. The van der Waals surface area contributed by atoms with E-state index >= 15 is 0 Å². The number of benzene rings is 2. The molecule has 0 aliphatic carbocycles. The summed E-state index contributed by atoms with van der Waals surface area (Å²) in [5, 5.41) is 0. The van der Waals surface area contributed by atoms with Crippen LogP contribution >= 0.6 is 0 Å². The van der Waals surface area contributed by atoms with Gasteiger partial charge in [0.2, 0.25) is 11.8 Å². The molecule has 2 amide bonds. The average molecular weight is 424 g/mol. The number of carbonyl (C=O) groups excluding carboxylic acids is 2. The van der Waals surface area contributed by atoms with Gasteiger partial charge in [-0.3, -0.25) is 9.59 Å². The standard InChI is InChI=1S/C25H33N3O3/c1-17(29)28-21-16-19(31-15-14-27(5)6)12-13-20(21)25(4,18-10-8-7-9-11-18)22(23(26)30)24(28,2)3/h7-13,16,22H,14-15H2,1-6H3,(H2,26,30). The molecule has 0 spiro atoms. The zero-order valence-corrected chi connectivity index (χ0v) is 19.3. The van der Waals surface area contributed by atoms with Crippen molar-refractivity contribution < 1.29 is 14.3 Å². The zero-order chi connectivity index (χ0) is 23.0. The Labute approximate surface area is 185 Å². The molecule has 0 bridgehead atoms. The van der Waals surface area contributed by atoms with Crippen LogP contribution in [0.4, 0.5) is 5.69 Å². The lowest BCUT2D eigenvalue weighted by Gasteiger charge is -2.55. The van der Waals surface area contributed by atoms with Gasteiger partial charge in [0.15, 0.2) is 0 Å². The molecule has 0 radical (unpaired) electrons. The molecule has 6 nitrogen and oxygen atoms in total. The van der Waals surface area contributed by atoms with Crippen LogP contribution in [0, 0.1) is 5.92 Å². The van der Waals surface area contributed by atoms with Crippen molar-refractivity contribution in [1.82, 2.24) is 4.90 Å². The molecule has 2 unspecified atom stereocenters. The number of amides is 2. The monoisotopic (exact) mass is 423 g/mol. The molecule has 0 fully saturated rings. The van der Waals surface area contributed by atoms with Crippen LogP contribution in [0.5, 0.6) is 5.75 Å². The molecule has 31 heavy (non-hydrogen) atoms. The smallest absolute Gasteiger partial charge is 0.224 e. The van der Waals surface area contributed by atoms with Gasteiger partial charge in [-0.2, -0.15) is 0 Å². The molecule has 2 aromatic carbocycles. The Hall–Kier alpha value is -2.86. The van der Waals surface area contributed by atoms with Crippen molar-refractivity contribution in [2.24, 2.45) is 11.7 Å². The van der Waals surface area contributed by atoms with Crippen molar-refractivity contribution in [1.29, 1.82) is 0 Å². The first-order valence-corrected chi connectivity index (χ1v) is 10.6. The van der Waals surface area contributed by atoms with Gasteiger partial charge in [0.25, 0.3) is 0 Å². The fraction of sp³-hybridized carbons (Fsp3) is 0.440. The molecule has 1 aliphatic rings. The third kappa shape index (κ3) is 3.92. The molecule has 166 valence electrons. The largest absolute Gasteiger partial charge is 0.492 e. The number of hydrogen-bond donors (Lipinski definition) is 1. The van der Waals surface area contributed by atoms with Crippen molar-refractivity contribution in [3.8, 4) is 5.75 Å². The normalized spacial score (nSPS) is 22.2. The van der Waals surface area contributed by atoms with Gasteiger partial charge in [-0.15, -0.1) is 0 Å². The highest BCUT2D eigenvalue weighted by molar-refractivity contribution is 5.98. The minimum absolute atomic E-state index is 0.141. The Bertz CT molecular complexity index is 971. The molecule has 1 aliphatic heterocycles. The molecular weight excluding hydrogens is 390 g/mol. The molecule has 0 saturated carbocycles. The molecule has 6 heteroatoms. The number of nitrogens with two attached hydrogens (primary N) is 1. The Balaban J connectivity index is 2.24. The van der Waals surface area contributed by atoms with E-state index < -0.39 is 22.8 Å². The number of rotatable bonds is 6. The third-order valence-corrected chi connectivity index (χ3v) is 6.41. The second kappa shape index (κ2) is 8.35. The summed E-state index contributed by atoms with van der Waals surface area (Å²) >= 11 is 0. The SMILES string of the molecule is CC(=O)N1c2cc(OCCN(C)C)ccc2C(C)(c2ccccc2)C(C(N)=O)C1(C)C. The number of anilines is 1. The maximum Gasteiger partial charge on any atom is 0.224 e. The predicted octanol–water partition coefficient (Wildman–Crippen LogP) is 3.18. The fourth-order valence-corrected chi connectivity index (χ4v) is 5.19. The number of ether oxygens (including phenoxy) is 1. The summed E-state index contributed by atoms with van der Waals surface area (Å²) < 4.78 is 5.96. The first-order valence-electron chi connectivity index (χ1n) is 10.6. The molecule has 1 heterocycles. The van der Waals surface area contributed by atoms with Gasteiger partial charge in [0, 0.05) is 24.9 Å². The highest BCUT2D eigenvalue weighted by Crippen LogP contribution is 2.54. The fourth-order valence-electron chi connectivity index (χ4n) is 5.19. The van der Waals surface area contributed by atoms with E-state index in [0.717, 1.165) is 23.4 Å². The van der Waals surface area contributed by atoms with E-state index in [2.05, 4.69) is 0 Å². The van der Waals surface area contributed by atoms with Gasteiger partial charge in [-0.05, 0) is 45.1 Å². The summed E-state index contributed by atoms with van der Waals surface area (Å²) in [5.74, 6) is -0.507. The van der Waals surface area contributed by atoms with Gasteiger partial charge in [-0.25, -0.2) is 0 Å². The van der Waals surface area contributed by atoms with Crippen molar-refractivity contribution >= 4 is 17.5 Å². The summed E-state index contributed by atoms with van der Waals surface area (Å²) in [7, 11) is 3.98. The number of nitrogens with zero attached hydrogens (tertiary/aromatic N) is 2. The van der Waals surface area contributed by atoms with E-state index in [1.54, 1.807) is 4.90 Å². The average Bonchev–Trinajstić information content (AvgIpc) is 2.67. The molecule has 3 rings (SSSR count). The second-order valence-electron chi connectivity index (χ2n) is 9.24. The van der Waals surface area contributed by atoms with Crippen molar-refractivity contribution in [2.45, 2.75) is 38.6 Å². The number of primary amides is 1. The van der Waals surface area contributed by atoms with Gasteiger partial charge in [-0.1, -0.05) is 43.3 Å². The Morgan fingerprint density at radius 2 is 1.74 bits per heavy atom. The van der Waals surface area contributed by atoms with Crippen LogP contribution in [-0.2, 0) is 15.0 Å². The van der Waals surface area contributed by atoms with Crippen LogP contribution in [0.15, 0.2) is 48.5 Å².